The van der Waals surface area contributed by atoms with Gasteiger partial charge in [0.25, 0.3) is 0 Å². The van der Waals surface area contributed by atoms with E-state index < -0.39 is 0 Å². The highest BCUT2D eigenvalue weighted by atomic mass is 16.5. The second-order valence-electron chi connectivity index (χ2n) is 6.33. The topological polar surface area (TPSA) is 79.0 Å². The number of nitrogens with one attached hydrogen (secondary N) is 3. The fourth-order valence-corrected chi connectivity index (χ4v) is 3.25. The number of aryl methyl sites for hydroxylation is 1. The highest BCUT2D eigenvalue weighted by Gasteiger charge is 2.22. The lowest BCUT2D eigenvalue weighted by Gasteiger charge is -2.26. The van der Waals surface area contributed by atoms with E-state index in [1.807, 2.05) is 37.4 Å². The van der Waals surface area contributed by atoms with Crippen LogP contribution >= 0.6 is 0 Å². The number of ether oxygens (including phenoxy) is 1. The molecule has 2 atom stereocenters. The first-order chi connectivity index (χ1) is 11.7. The van der Waals surface area contributed by atoms with E-state index in [2.05, 4.69) is 20.8 Å². The van der Waals surface area contributed by atoms with Gasteiger partial charge in [-0.2, -0.15) is 5.10 Å². The van der Waals surface area contributed by atoms with E-state index in [4.69, 9.17) is 4.74 Å². The van der Waals surface area contributed by atoms with Crippen LogP contribution in [0.2, 0.25) is 0 Å². The van der Waals surface area contributed by atoms with Gasteiger partial charge >= 0.3 is 0 Å². The van der Waals surface area contributed by atoms with E-state index >= 15 is 0 Å². The molecule has 0 saturated carbocycles. The first-order valence-corrected chi connectivity index (χ1v) is 8.35. The maximum Gasteiger partial charge on any atom is 0.226 e. The van der Waals surface area contributed by atoms with Crippen molar-refractivity contribution in [2.24, 2.45) is 0 Å². The lowest BCUT2D eigenvalue weighted by atomic mass is 9.93. The molecule has 1 heterocycles. The predicted molar refractivity (Wildman–Crippen MR) is 93.2 cm³/mol. The van der Waals surface area contributed by atoms with Crippen LogP contribution in [-0.2, 0) is 17.6 Å². The Balaban J connectivity index is 1.50. The van der Waals surface area contributed by atoms with Crippen LogP contribution < -0.4 is 15.4 Å². The van der Waals surface area contributed by atoms with Gasteiger partial charge in [-0.15, -0.1) is 0 Å². The highest BCUT2D eigenvalue weighted by molar-refractivity contribution is 5.92. The van der Waals surface area contributed by atoms with Gasteiger partial charge in [-0.3, -0.25) is 9.89 Å². The fraction of sp³-hybridized carbons (Fsp3) is 0.444. The number of aromatic amines is 1. The number of methoxy groups -OCH3 is 1. The number of benzene rings is 1. The summed E-state index contributed by atoms with van der Waals surface area (Å²) in [4.78, 5) is 12.3. The smallest absolute Gasteiger partial charge is 0.226 e. The Morgan fingerprint density at radius 3 is 3.12 bits per heavy atom. The zero-order valence-corrected chi connectivity index (χ0v) is 14.1. The second-order valence-corrected chi connectivity index (χ2v) is 6.33. The average Bonchev–Trinajstić information content (AvgIpc) is 3.02. The Bertz CT molecular complexity index is 698. The van der Waals surface area contributed by atoms with Crippen molar-refractivity contribution in [1.29, 1.82) is 0 Å². The molecular weight excluding hydrogens is 304 g/mol. The first kappa shape index (κ1) is 16.5. The number of H-pyrrole nitrogens is 1. The molecule has 6 heteroatoms. The normalized spacial score (nSPS) is 17.8. The Kier molecular flexibility index (Phi) is 5.15. The number of amides is 1. The summed E-state index contributed by atoms with van der Waals surface area (Å²) in [5, 5.41) is 13.6. The van der Waals surface area contributed by atoms with Crippen LogP contribution in [0.5, 0.6) is 5.75 Å². The highest BCUT2D eigenvalue weighted by Crippen LogP contribution is 2.23. The zero-order valence-electron chi connectivity index (χ0n) is 14.1. The van der Waals surface area contributed by atoms with Gasteiger partial charge in [-0.05, 0) is 43.9 Å². The van der Waals surface area contributed by atoms with Crippen molar-refractivity contribution in [3.05, 3.63) is 41.7 Å². The molecule has 1 aromatic heterocycles. The molecule has 0 radical (unpaired) electrons. The van der Waals surface area contributed by atoms with Crippen molar-refractivity contribution in [1.82, 2.24) is 15.5 Å². The lowest BCUT2D eigenvalue weighted by Crippen LogP contribution is -2.41. The van der Waals surface area contributed by atoms with E-state index in [1.54, 1.807) is 7.11 Å². The number of anilines is 1. The molecule has 1 aliphatic rings. The molecule has 6 nitrogen and oxygen atoms in total. The number of hydrogen-bond acceptors (Lipinski definition) is 4. The summed E-state index contributed by atoms with van der Waals surface area (Å²) in [7, 11) is 1.60. The Hall–Kier alpha value is -2.34. The van der Waals surface area contributed by atoms with E-state index in [-0.39, 0.29) is 11.9 Å². The number of aromatic nitrogens is 2. The summed E-state index contributed by atoms with van der Waals surface area (Å²) < 4.78 is 5.26. The fourth-order valence-electron chi connectivity index (χ4n) is 3.25. The molecule has 24 heavy (non-hydrogen) atoms. The number of hydrogen-bond donors (Lipinski definition) is 3. The molecule has 1 aromatic carbocycles. The minimum atomic E-state index is -0.0145. The number of para-hydroxylation sites is 2. The van der Waals surface area contributed by atoms with Crippen molar-refractivity contribution < 1.29 is 9.53 Å². The van der Waals surface area contributed by atoms with E-state index in [0.29, 0.717) is 23.9 Å². The SMILES string of the molecule is COc1ccccc1NC(=O)C[C@@H](C)N[C@H]1CCc2[nH]ncc2C1. The lowest BCUT2D eigenvalue weighted by molar-refractivity contribution is -0.116. The number of carbonyl (C=O) groups excluding carboxylic acids is 1. The molecule has 0 saturated heterocycles. The van der Waals surface area contributed by atoms with Crippen molar-refractivity contribution in [2.75, 3.05) is 12.4 Å². The van der Waals surface area contributed by atoms with Crippen LogP contribution in [0.1, 0.15) is 31.0 Å². The molecule has 3 rings (SSSR count). The number of carbonyl (C=O) groups is 1. The number of nitrogens with zero attached hydrogens (tertiary/aromatic N) is 1. The summed E-state index contributed by atoms with van der Waals surface area (Å²) in [6, 6.07) is 7.94. The molecule has 0 fully saturated rings. The van der Waals surface area contributed by atoms with Crippen molar-refractivity contribution in [3.63, 3.8) is 0 Å². The number of fused-ring (bicyclic) bond motifs is 1. The molecule has 0 spiro atoms. The Morgan fingerprint density at radius 2 is 2.29 bits per heavy atom. The third-order valence-corrected chi connectivity index (χ3v) is 4.41. The van der Waals surface area contributed by atoms with Gasteiger partial charge in [-0.25, -0.2) is 0 Å². The summed E-state index contributed by atoms with van der Waals surface area (Å²) in [6.45, 7) is 2.05. The van der Waals surface area contributed by atoms with Gasteiger partial charge in [0.1, 0.15) is 5.75 Å². The van der Waals surface area contributed by atoms with Crippen molar-refractivity contribution >= 4 is 11.6 Å². The van der Waals surface area contributed by atoms with Gasteiger partial charge in [0.15, 0.2) is 0 Å². The molecule has 1 amide bonds. The largest absolute Gasteiger partial charge is 0.495 e. The second kappa shape index (κ2) is 7.49. The summed E-state index contributed by atoms with van der Waals surface area (Å²) >= 11 is 0. The molecule has 2 aromatic rings. The molecule has 128 valence electrons. The molecular formula is C18H24N4O2. The van der Waals surface area contributed by atoms with Crippen molar-refractivity contribution in [3.8, 4) is 5.75 Å². The van der Waals surface area contributed by atoms with E-state index in [0.717, 1.165) is 19.3 Å². The maximum absolute atomic E-state index is 12.3. The standard InChI is InChI=1S/C18H24N4O2/c1-12(20-14-7-8-15-13(10-14)11-19-22-15)9-18(23)21-16-5-3-4-6-17(16)24-2/h3-6,11-12,14,20H,7-10H2,1-2H3,(H,19,22)(H,21,23)/t12-,14+/m1/s1. The first-order valence-electron chi connectivity index (χ1n) is 8.35. The maximum atomic E-state index is 12.3. The van der Waals surface area contributed by atoms with Crippen LogP contribution in [0.15, 0.2) is 30.5 Å². The molecule has 0 aliphatic heterocycles. The van der Waals surface area contributed by atoms with Gasteiger partial charge in [0.05, 0.1) is 19.0 Å². The van der Waals surface area contributed by atoms with Gasteiger partial charge in [0.2, 0.25) is 5.91 Å². The monoisotopic (exact) mass is 328 g/mol. The van der Waals surface area contributed by atoms with E-state index in [9.17, 15) is 4.79 Å². The van der Waals surface area contributed by atoms with Crippen LogP contribution in [0.4, 0.5) is 5.69 Å². The van der Waals surface area contributed by atoms with Crippen molar-refractivity contribution in [2.45, 2.75) is 44.7 Å². The minimum absolute atomic E-state index is 0.0145. The van der Waals surface area contributed by atoms with Gasteiger partial charge < -0.3 is 15.4 Å². The van der Waals surface area contributed by atoms with Crippen LogP contribution in [0, 0.1) is 0 Å². The quantitative estimate of drug-likeness (QED) is 0.760. The van der Waals surface area contributed by atoms with Crippen LogP contribution in [0.3, 0.4) is 0 Å². The molecule has 0 bridgehead atoms. The average molecular weight is 328 g/mol. The Morgan fingerprint density at radius 1 is 1.46 bits per heavy atom. The summed E-state index contributed by atoms with van der Waals surface area (Å²) in [5.41, 5.74) is 3.23. The molecule has 3 N–H and O–H groups in total. The summed E-state index contributed by atoms with van der Waals surface area (Å²) in [5.74, 6) is 0.658. The Labute approximate surface area is 142 Å². The van der Waals surface area contributed by atoms with Gasteiger partial charge in [-0.1, -0.05) is 12.1 Å². The molecule has 1 aliphatic carbocycles. The van der Waals surface area contributed by atoms with Gasteiger partial charge in [0, 0.05) is 24.2 Å². The molecule has 0 unspecified atom stereocenters. The zero-order chi connectivity index (χ0) is 16.9. The van der Waals surface area contributed by atoms with E-state index in [1.165, 1.54) is 11.3 Å². The minimum Gasteiger partial charge on any atom is -0.495 e. The summed E-state index contributed by atoms with van der Waals surface area (Å²) in [6.07, 6.45) is 5.36. The number of rotatable bonds is 6. The van der Waals surface area contributed by atoms with Crippen LogP contribution in [-0.4, -0.2) is 35.3 Å². The third-order valence-electron chi connectivity index (χ3n) is 4.41. The van der Waals surface area contributed by atoms with Crippen LogP contribution in [0.25, 0.3) is 0 Å². The predicted octanol–water partition coefficient (Wildman–Crippen LogP) is 2.28. The third kappa shape index (κ3) is 3.94.